The molecule has 3 aromatic rings. The predicted octanol–water partition coefficient (Wildman–Crippen LogP) is 3.77. The molecule has 0 radical (unpaired) electrons. The number of aromatic nitrogens is 2. The van der Waals surface area contributed by atoms with Crippen LogP contribution in [0, 0.1) is 6.92 Å². The van der Waals surface area contributed by atoms with E-state index < -0.39 is 5.60 Å². The van der Waals surface area contributed by atoms with E-state index in [0.29, 0.717) is 0 Å². The number of rotatable bonds is 2. The number of fused-ring (bicyclic) bond motifs is 1. The van der Waals surface area contributed by atoms with Gasteiger partial charge in [-0.15, -0.1) is 0 Å². The molecule has 3 rings (SSSR count). The smallest absolute Gasteiger partial charge is 0.138 e. The molecule has 0 aliphatic carbocycles. The number of nitrogens with one attached hydrogen (secondary N) is 1. The van der Waals surface area contributed by atoms with Gasteiger partial charge in [0.25, 0.3) is 0 Å². The number of imidazole rings is 1. The van der Waals surface area contributed by atoms with Gasteiger partial charge in [-0.1, -0.05) is 35.9 Å². The predicted molar refractivity (Wildman–Crippen MR) is 81.5 cm³/mol. The molecule has 0 saturated heterocycles. The highest BCUT2D eigenvalue weighted by Gasteiger charge is 2.17. The van der Waals surface area contributed by atoms with E-state index in [1.807, 2.05) is 18.2 Å². The zero-order valence-corrected chi connectivity index (χ0v) is 11.9. The average Bonchev–Trinajstić information content (AvgIpc) is 2.81. The number of nitrogens with zero attached hydrogens (tertiary/aromatic N) is 1. The molecule has 1 heterocycles. The van der Waals surface area contributed by atoms with Crippen molar-refractivity contribution in [3.8, 4) is 11.4 Å². The van der Waals surface area contributed by atoms with Crippen LogP contribution in [0.1, 0.15) is 25.0 Å². The number of benzene rings is 2. The fraction of sp³-hybridized carbons (Fsp3) is 0.235. The van der Waals surface area contributed by atoms with Crippen molar-refractivity contribution >= 4 is 11.0 Å². The van der Waals surface area contributed by atoms with Crippen molar-refractivity contribution in [2.45, 2.75) is 26.4 Å². The monoisotopic (exact) mass is 266 g/mol. The van der Waals surface area contributed by atoms with Crippen molar-refractivity contribution in [3.63, 3.8) is 0 Å². The van der Waals surface area contributed by atoms with Gasteiger partial charge in [-0.25, -0.2) is 4.98 Å². The van der Waals surface area contributed by atoms with Crippen LogP contribution in [0.5, 0.6) is 0 Å². The number of aliphatic hydroxyl groups is 1. The lowest BCUT2D eigenvalue weighted by Crippen LogP contribution is -2.14. The molecule has 102 valence electrons. The van der Waals surface area contributed by atoms with Crippen LogP contribution in [-0.4, -0.2) is 15.1 Å². The van der Waals surface area contributed by atoms with E-state index in [0.717, 1.165) is 28.0 Å². The second-order valence-corrected chi connectivity index (χ2v) is 5.74. The average molecular weight is 266 g/mol. The molecule has 0 aliphatic rings. The molecule has 1 aromatic heterocycles. The van der Waals surface area contributed by atoms with Crippen molar-refractivity contribution in [2.24, 2.45) is 0 Å². The van der Waals surface area contributed by atoms with Crippen LogP contribution in [-0.2, 0) is 5.60 Å². The van der Waals surface area contributed by atoms with Gasteiger partial charge in [0, 0.05) is 5.56 Å². The van der Waals surface area contributed by atoms with E-state index in [4.69, 9.17) is 0 Å². The second kappa shape index (κ2) is 4.46. The SMILES string of the molecule is Cc1ccc(-c2nc3ccc(C(C)(C)O)cc3[nH]2)cc1. The molecule has 0 saturated carbocycles. The summed E-state index contributed by atoms with van der Waals surface area (Å²) in [4.78, 5) is 7.92. The first-order valence-electron chi connectivity index (χ1n) is 6.73. The van der Waals surface area contributed by atoms with Crippen molar-refractivity contribution in [1.82, 2.24) is 9.97 Å². The molecule has 20 heavy (non-hydrogen) atoms. The highest BCUT2D eigenvalue weighted by molar-refractivity contribution is 5.80. The van der Waals surface area contributed by atoms with Crippen LogP contribution >= 0.6 is 0 Å². The van der Waals surface area contributed by atoms with Gasteiger partial charge in [0.05, 0.1) is 16.6 Å². The highest BCUT2D eigenvalue weighted by Crippen LogP contribution is 2.26. The Labute approximate surface area is 118 Å². The summed E-state index contributed by atoms with van der Waals surface area (Å²) < 4.78 is 0. The van der Waals surface area contributed by atoms with Crippen LogP contribution in [0.25, 0.3) is 22.4 Å². The molecular weight excluding hydrogens is 248 g/mol. The Morgan fingerprint density at radius 1 is 1.05 bits per heavy atom. The maximum Gasteiger partial charge on any atom is 0.138 e. The van der Waals surface area contributed by atoms with Crippen LogP contribution in [0.15, 0.2) is 42.5 Å². The van der Waals surface area contributed by atoms with E-state index in [1.54, 1.807) is 13.8 Å². The number of hydrogen-bond donors (Lipinski definition) is 2. The summed E-state index contributed by atoms with van der Waals surface area (Å²) in [5.74, 6) is 0.855. The quantitative estimate of drug-likeness (QED) is 0.742. The molecular formula is C17H18N2O. The Kier molecular flexibility index (Phi) is 2.87. The Morgan fingerprint density at radius 3 is 2.40 bits per heavy atom. The summed E-state index contributed by atoms with van der Waals surface area (Å²) in [6.07, 6.45) is 0. The molecule has 0 bridgehead atoms. The summed E-state index contributed by atoms with van der Waals surface area (Å²) >= 11 is 0. The third-order valence-electron chi connectivity index (χ3n) is 3.51. The van der Waals surface area contributed by atoms with Gasteiger partial charge in [-0.3, -0.25) is 0 Å². The van der Waals surface area contributed by atoms with E-state index in [1.165, 1.54) is 5.56 Å². The lowest BCUT2D eigenvalue weighted by molar-refractivity contribution is 0.0787. The maximum absolute atomic E-state index is 10.1. The Balaban J connectivity index is 2.09. The lowest BCUT2D eigenvalue weighted by Gasteiger charge is -2.17. The topological polar surface area (TPSA) is 48.9 Å². The van der Waals surface area contributed by atoms with Crippen molar-refractivity contribution in [1.29, 1.82) is 0 Å². The Bertz CT molecular complexity index is 749. The standard InChI is InChI=1S/C17H18N2O/c1-11-4-6-12(7-5-11)16-18-14-9-8-13(17(2,3)20)10-15(14)19-16/h4-10,20H,1-3H3,(H,18,19). The number of aromatic amines is 1. The minimum absolute atomic E-state index is 0.844. The number of H-pyrrole nitrogens is 1. The number of aryl methyl sites for hydroxylation is 1. The summed E-state index contributed by atoms with van der Waals surface area (Å²) in [6, 6.07) is 14.1. The molecule has 3 heteroatoms. The van der Waals surface area contributed by atoms with E-state index in [-0.39, 0.29) is 0 Å². The second-order valence-electron chi connectivity index (χ2n) is 5.74. The largest absolute Gasteiger partial charge is 0.386 e. The van der Waals surface area contributed by atoms with E-state index in [9.17, 15) is 5.11 Å². The van der Waals surface area contributed by atoms with Gasteiger partial charge in [0.2, 0.25) is 0 Å². The molecule has 3 nitrogen and oxygen atoms in total. The number of hydrogen-bond acceptors (Lipinski definition) is 2. The first-order chi connectivity index (χ1) is 9.43. The summed E-state index contributed by atoms with van der Waals surface area (Å²) in [6.45, 7) is 5.63. The van der Waals surface area contributed by atoms with Gasteiger partial charge in [0.15, 0.2) is 0 Å². The van der Waals surface area contributed by atoms with Crippen molar-refractivity contribution in [2.75, 3.05) is 0 Å². The molecule has 0 spiro atoms. The van der Waals surface area contributed by atoms with Crippen LogP contribution in [0.3, 0.4) is 0 Å². The Hall–Kier alpha value is -2.13. The molecule has 2 N–H and O–H groups in total. The molecule has 0 amide bonds. The van der Waals surface area contributed by atoms with Gasteiger partial charge in [0.1, 0.15) is 5.82 Å². The van der Waals surface area contributed by atoms with E-state index in [2.05, 4.69) is 41.2 Å². The van der Waals surface area contributed by atoms with Gasteiger partial charge >= 0.3 is 0 Å². The Morgan fingerprint density at radius 2 is 1.75 bits per heavy atom. The van der Waals surface area contributed by atoms with Gasteiger partial charge in [-0.2, -0.15) is 0 Å². The summed E-state index contributed by atoms with van der Waals surface area (Å²) in [7, 11) is 0. The molecule has 0 fully saturated rings. The van der Waals surface area contributed by atoms with Crippen LogP contribution < -0.4 is 0 Å². The molecule has 0 aliphatic heterocycles. The maximum atomic E-state index is 10.1. The minimum Gasteiger partial charge on any atom is -0.386 e. The van der Waals surface area contributed by atoms with Crippen molar-refractivity contribution < 1.29 is 5.11 Å². The zero-order chi connectivity index (χ0) is 14.3. The van der Waals surface area contributed by atoms with Gasteiger partial charge in [-0.05, 0) is 38.5 Å². The zero-order valence-electron chi connectivity index (χ0n) is 11.9. The highest BCUT2D eigenvalue weighted by atomic mass is 16.3. The molecule has 2 aromatic carbocycles. The lowest BCUT2D eigenvalue weighted by atomic mass is 9.98. The van der Waals surface area contributed by atoms with Gasteiger partial charge < -0.3 is 10.1 Å². The van der Waals surface area contributed by atoms with E-state index >= 15 is 0 Å². The minimum atomic E-state index is -0.844. The van der Waals surface area contributed by atoms with Crippen LogP contribution in [0.4, 0.5) is 0 Å². The molecule has 0 unspecified atom stereocenters. The molecule has 0 atom stereocenters. The summed E-state index contributed by atoms with van der Waals surface area (Å²) in [5.41, 5.74) is 4.19. The fourth-order valence-electron chi connectivity index (χ4n) is 2.24. The fourth-order valence-corrected chi connectivity index (χ4v) is 2.24. The van der Waals surface area contributed by atoms with Crippen molar-refractivity contribution in [3.05, 3.63) is 53.6 Å². The third-order valence-corrected chi connectivity index (χ3v) is 3.51. The first-order valence-corrected chi connectivity index (χ1v) is 6.73. The summed E-state index contributed by atoms with van der Waals surface area (Å²) in [5, 5.41) is 10.1. The normalized spacial score (nSPS) is 12.0. The third kappa shape index (κ3) is 2.32. The first kappa shape index (κ1) is 12.9. The van der Waals surface area contributed by atoms with Crippen LogP contribution in [0.2, 0.25) is 0 Å².